The first kappa shape index (κ1) is 14.0. The molecular formula is C13H15FN2O2. The Labute approximate surface area is 105 Å². The van der Waals surface area contributed by atoms with Crippen LogP contribution in [0, 0.1) is 22.6 Å². The van der Waals surface area contributed by atoms with Crippen LogP contribution in [0.2, 0.25) is 0 Å². The number of carbonyl (C=O) groups is 1. The van der Waals surface area contributed by atoms with Crippen LogP contribution in [0.4, 0.5) is 10.1 Å². The number of esters is 1. The molecule has 1 aromatic carbocycles. The zero-order valence-electron chi connectivity index (χ0n) is 10.6. The van der Waals surface area contributed by atoms with Gasteiger partial charge in [0.15, 0.2) is 0 Å². The Kier molecular flexibility index (Phi) is 4.27. The summed E-state index contributed by atoms with van der Waals surface area (Å²) in [6, 6.07) is 5.90. The third-order valence-corrected chi connectivity index (χ3v) is 2.56. The Morgan fingerprint density at radius 3 is 2.78 bits per heavy atom. The van der Waals surface area contributed by atoms with Crippen molar-refractivity contribution in [1.82, 2.24) is 0 Å². The van der Waals surface area contributed by atoms with Gasteiger partial charge >= 0.3 is 5.97 Å². The monoisotopic (exact) mass is 250 g/mol. The predicted molar refractivity (Wildman–Crippen MR) is 65.4 cm³/mol. The molecule has 0 aliphatic rings. The van der Waals surface area contributed by atoms with Gasteiger partial charge in [-0.2, -0.15) is 5.26 Å². The lowest BCUT2D eigenvalue weighted by molar-refractivity contribution is -0.149. The molecule has 0 heterocycles. The number of nitrogens with one attached hydrogen (secondary N) is 1. The Morgan fingerprint density at radius 2 is 2.22 bits per heavy atom. The fourth-order valence-electron chi connectivity index (χ4n) is 1.39. The number of anilines is 1. The first-order valence-corrected chi connectivity index (χ1v) is 5.42. The van der Waals surface area contributed by atoms with Gasteiger partial charge in [-0.25, -0.2) is 4.39 Å². The van der Waals surface area contributed by atoms with E-state index in [-0.39, 0.29) is 11.5 Å². The molecule has 1 rings (SSSR count). The lowest BCUT2D eigenvalue weighted by Gasteiger charge is -2.22. The van der Waals surface area contributed by atoms with Gasteiger partial charge in [-0.15, -0.1) is 0 Å². The second-order valence-electron chi connectivity index (χ2n) is 4.54. The second-order valence-corrected chi connectivity index (χ2v) is 4.54. The summed E-state index contributed by atoms with van der Waals surface area (Å²) in [5.41, 5.74) is -0.142. The lowest BCUT2D eigenvalue weighted by Crippen LogP contribution is -2.33. The highest BCUT2D eigenvalue weighted by atomic mass is 19.1. The topological polar surface area (TPSA) is 62.1 Å². The molecule has 0 amide bonds. The molecule has 0 aromatic heterocycles. The normalized spacial score (nSPS) is 10.6. The van der Waals surface area contributed by atoms with Crippen molar-refractivity contribution in [3.8, 4) is 6.07 Å². The quantitative estimate of drug-likeness (QED) is 0.833. The van der Waals surface area contributed by atoms with Crippen LogP contribution in [-0.4, -0.2) is 19.6 Å². The van der Waals surface area contributed by atoms with Gasteiger partial charge < -0.3 is 10.1 Å². The fourth-order valence-corrected chi connectivity index (χ4v) is 1.39. The van der Waals surface area contributed by atoms with E-state index >= 15 is 0 Å². The molecule has 1 aromatic rings. The van der Waals surface area contributed by atoms with Crippen molar-refractivity contribution in [1.29, 1.82) is 5.26 Å². The third-order valence-electron chi connectivity index (χ3n) is 2.56. The number of hydrogen-bond donors (Lipinski definition) is 1. The van der Waals surface area contributed by atoms with Crippen LogP contribution in [0.1, 0.15) is 19.4 Å². The molecule has 96 valence electrons. The van der Waals surface area contributed by atoms with E-state index in [9.17, 15) is 9.18 Å². The van der Waals surface area contributed by atoms with Crippen molar-refractivity contribution < 1.29 is 13.9 Å². The Hall–Kier alpha value is -2.09. The van der Waals surface area contributed by atoms with Crippen molar-refractivity contribution >= 4 is 11.7 Å². The lowest BCUT2D eigenvalue weighted by atomic mass is 9.93. The van der Waals surface area contributed by atoms with Crippen molar-refractivity contribution in [3.63, 3.8) is 0 Å². The second kappa shape index (κ2) is 5.50. The zero-order chi connectivity index (χ0) is 13.8. The molecule has 5 heteroatoms. The number of hydrogen-bond acceptors (Lipinski definition) is 4. The number of carbonyl (C=O) groups excluding carboxylic acids is 1. The van der Waals surface area contributed by atoms with Gasteiger partial charge in [0.1, 0.15) is 11.9 Å². The standard InChI is InChI=1S/C13H15FN2O2/c1-13(2,12(17)18-3)8-16-10-4-5-11(14)9(6-10)7-15/h4-6,16H,8H2,1-3H3. The molecule has 0 aliphatic carbocycles. The largest absolute Gasteiger partial charge is 0.469 e. The van der Waals surface area contributed by atoms with Crippen LogP contribution in [0.25, 0.3) is 0 Å². The minimum absolute atomic E-state index is 0.0316. The number of ether oxygens (including phenoxy) is 1. The number of halogens is 1. The van der Waals surface area contributed by atoms with Gasteiger partial charge in [0, 0.05) is 12.2 Å². The molecule has 0 atom stereocenters. The zero-order valence-corrected chi connectivity index (χ0v) is 10.6. The maximum atomic E-state index is 13.1. The summed E-state index contributed by atoms with van der Waals surface area (Å²) in [4.78, 5) is 11.5. The van der Waals surface area contributed by atoms with Gasteiger partial charge in [-0.1, -0.05) is 0 Å². The van der Waals surface area contributed by atoms with Crippen LogP contribution in [0.15, 0.2) is 18.2 Å². The Bertz CT molecular complexity index is 492. The molecule has 0 fully saturated rings. The van der Waals surface area contributed by atoms with Crippen LogP contribution in [-0.2, 0) is 9.53 Å². The van der Waals surface area contributed by atoms with Gasteiger partial charge in [0.25, 0.3) is 0 Å². The summed E-state index contributed by atoms with van der Waals surface area (Å²) in [6.45, 7) is 3.80. The number of nitrogens with zero attached hydrogens (tertiary/aromatic N) is 1. The van der Waals surface area contributed by atoms with Crippen molar-refractivity contribution in [3.05, 3.63) is 29.6 Å². The first-order chi connectivity index (χ1) is 8.40. The molecule has 0 saturated carbocycles. The van der Waals surface area contributed by atoms with Crippen molar-refractivity contribution in [2.45, 2.75) is 13.8 Å². The van der Waals surface area contributed by atoms with E-state index in [4.69, 9.17) is 5.26 Å². The summed E-state index contributed by atoms with van der Waals surface area (Å²) < 4.78 is 17.8. The van der Waals surface area contributed by atoms with Crippen LogP contribution < -0.4 is 5.32 Å². The average Bonchev–Trinajstić information content (AvgIpc) is 2.36. The van der Waals surface area contributed by atoms with Crippen molar-refractivity contribution in [2.24, 2.45) is 5.41 Å². The van der Waals surface area contributed by atoms with Gasteiger partial charge in [0.2, 0.25) is 0 Å². The smallest absolute Gasteiger partial charge is 0.313 e. The van der Waals surface area contributed by atoms with E-state index < -0.39 is 11.2 Å². The summed E-state index contributed by atoms with van der Waals surface area (Å²) in [7, 11) is 1.33. The summed E-state index contributed by atoms with van der Waals surface area (Å²) in [5.74, 6) is -0.895. The van der Waals surface area contributed by atoms with E-state index in [2.05, 4.69) is 10.1 Å². The number of rotatable bonds is 4. The van der Waals surface area contributed by atoms with E-state index in [1.807, 2.05) is 0 Å². The molecule has 0 saturated heterocycles. The van der Waals surface area contributed by atoms with E-state index in [0.717, 1.165) is 0 Å². The highest BCUT2D eigenvalue weighted by Crippen LogP contribution is 2.20. The SMILES string of the molecule is COC(=O)C(C)(C)CNc1ccc(F)c(C#N)c1. The van der Waals surface area contributed by atoms with Crippen LogP contribution >= 0.6 is 0 Å². The van der Waals surface area contributed by atoms with Crippen LogP contribution in [0.3, 0.4) is 0 Å². The molecule has 4 nitrogen and oxygen atoms in total. The highest BCUT2D eigenvalue weighted by molar-refractivity contribution is 5.76. The minimum atomic E-state index is -0.698. The number of nitriles is 1. The van der Waals surface area contributed by atoms with E-state index in [0.29, 0.717) is 12.2 Å². The number of methoxy groups -OCH3 is 1. The average molecular weight is 250 g/mol. The molecule has 0 bridgehead atoms. The fraction of sp³-hybridized carbons (Fsp3) is 0.385. The van der Waals surface area contributed by atoms with Gasteiger partial charge in [0.05, 0.1) is 18.1 Å². The molecule has 0 radical (unpaired) electrons. The Morgan fingerprint density at radius 1 is 1.56 bits per heavy atom. The van der Waals surface area contributed by atoms with Crippen molar-refractivity contribution in [2.75, 3.05) is 19.0 Å². The van der Waals surface area contributed by atoms with Gasteiger partial charge in [-0.05, 0) is 32.0 Å². The Balaban J connectivity index is 2.76. The first-order valence-electron chi connectivity index (χ1n) is 5.42. The highest BCUT2D eigenvalue weighted by Gasteiger charge is 2.28. The van der Waals surface area contributed by atoms with E-state index in [1.165, 1.54) is 25.3 Å². The van der Waals surface area contributed by atoms with E-state index in [1.54, 1.807) is 19.9 Å². The summed E-state index contributed by atoms with van der Waals surface area (Å²) in [5, 5.41) is 11.7. The molecule has 0 spiro atoms. The molecule has 18 heavy (non-hydrogen) atoms. The molecular weight excluding hydrogens is 235 g/mol. The molecule has 0 aliphatic heterocycles. The maximum Gasteiger partial charge on any atom is 0.313 e. The summed E-state index contributed by atoms with van der Waals surface area (Å²) in [6.07, 6.45) is 0. The van der Waals surface area contributed by atoms with Crippen LogP contribution in [0.5, 0.6) is 0 Å². The third kappa shape index (κ3) is 3.20. The van der Waals surface area contributed by atoms with Gasteiger partial charge in [-0.3, -0.25) is 4.79 Å². The summed E-state index contributed by atoms with van der Waals surface area (Å²) >= 11 is 0. The molecule has 1 N–H and O–H groups in total. The minimum Gasteiger partial charge on any atom is -0.469 e. The predicted octanol–water partition coefficient (Wildman–Crippen LogP) is 2.31. The number of benzene rings is 1. The maximum absolute atomic E-state index is 13.1. The molecule has 0 unspecified atom stereocenters.